The zero-order valence-corrected chi connectivity index (χ0v) is 12.2. The van der Waals surface area contributed by atoms with Gasteiger partial charge in [-0.05, 0) is 12.1 Å². The van der Waals surface area contributed by atoms with E-state index in [9.17, 15) is 19.5 Å². The maximum Gasteiger partial charge on any atom is 0.406 e. The van der Waals surface area contributed by atoms with Crippen LogP contribution in [0.25, 0.3) is 0 Å². The Hall–Kier alpha value is -3.16. The molecule has 1 aliphatic rings. The first-order valence-corrected chi connectivity index (χ1v) is 6.85. The largest absolute Gasteiger partial charge is 0.507 e. The molecule has 8 heteroatoms. The Morgan fingerprint density at radius 3 is 2.83 bits per heavy atom. The number of methoxy groups -OCH3 is 1. The number of hydrogen-bond donors (Lipinski definition) is 3. The van der Waals surface area contributed by atoms with E-state index >= 15 is 0 Å². The minimum atomic E-state index is -0.594. The van der Waals surface area contributed by atoms with E-state index in [-0.39, 0.29) is 41.1 Å². The van der Waals surface area contributed by atoms with Crippen LogP contribution >= 0.6 is 0 Å². The first kappa shape index (κ1) is 14.8. The molecule has 8 nitrogen and oxygen atoms in total. The van der Waals surface area contributed by atoms with E-state index in [1.165, 1.54) is 25.3 Å². The van der Waals surface area contributed by atoms with Gasteiger partial charge < -0.3 is 15.2 Å². The number of H-pyrrole nitrogens is 1. The standard InChI is InChI=1S/C15H13N3O5/c1-23-15(22)16-6-5-8-11-12(18-17-8)13(20)7-3-2-4-9(19)10(7)14(11)21/h2-4,19H,5-6H2,1H3,(H,16,22)(H,17,18). The summed E-state index contributed by atoms with van der Waals surface area (Å²) >= 11 is 0. The molecule has 0 aliphatic heterocycles. The molecule has 0 bridgehead atoms. The molecule has 3 N–H and O–H groups in total. The number of aromatic hydroxyl groups is 1. The molecule has 0 atom stereocenters. The van der Waals surface area contributed by atoms with Gasteiger partial charge in [0, 0.05) is 24.2 Å². The maximum atomic E-state index is 12.6. The average molecular weight is 315 g/mol. The Labute approximate surface area is 130 Å². The maximum absolute atomic E-state index is 12.6. The van der Waals surface area contributed by atoms with Gasteiger partial charge in [-0.2, -0.15) is 5.10 Å². The lowest BCUT2D eigenvalue weighted by molar-refractivity contribution is 0.0974. The summed E-state index contributed by atoms with van der Waals surface area (Å²) in [4.78, 5) is 36.1. The minimum absolute atomic E-state index is 0.0198. The highest BCUT2D eigenvalue weighted by molar-refractivity contribution is 6.29. The summed E-state index contributed by atoms with van der Waals surface area (Å²) in [5.74, 6) is -1.13. The number of nitrogens with one attached hydrogen (secondary N) is 2. The quantitative estimate of drug-likeness (QED) is 0.657. The van der Waals surface area contributed by atoms with Gasteiger partial charge in [0.1, 0.15) is 11.4 Å². The Kier molecular flexibility index (Phi) is 3.57. The Balaban J connectivity index is 1.94. The number of nitrogens with zero attached hydrogens (tertiary/aromatic N) is 1. The minimum Gasteiger partial charge on any atom is -0.507 e. The van der Waals surface area contributed by atoms with Crippen LogP contribution in [0.1, 0.15) is 37.7 Å². The van der Waals surface area contributed by atoms with Crippen molar-refractivity contribution in [3.8, 4) is 5.75 Å². The number of aromatic nitrogens is 2. The summed E-state index contributed by atoms with van der Waals surface area (Å²) in [6.07, 6.45) is -0.330. The lowest BCUT2D eigenvalue weighted by Gasteiger charge is -2.15. The molecule has 3 rings (SSSR count). The second-order valence-electron chi connectivity index (χ2n) is 4.95. The van der Waals surface area contributed by atoms with Crippen LogP contribution in [0.3, 0.4) is 0 Å². The first-order valence-electron chi connectivity index (χ1n) is 6.85. The molecule has 0 radical (unpaired) electrons. The predicted octanol–water partition coefficient (Wildman–Crippen LogP) is 0.789. The number of fused-ring (bicyclic) bond motifs is 2. The monoisotopic (exact) mass is 315 g/mol. The summed E-state index contributed by atoms with van der Waals surface area (Å²) in [6.45, 7) is 0.205. The van der Waals surface area contributed by atoms with Crippen molar-refractivity contribution in [2.75, 3.05) is 13.7 Å². The molecular weight excluding hydrogens is 302 g/mol. The number of ether oxygens (including phenoxy) is 1. The van der Waals surface area contributed by atoms with Gasteiger partial charge in [-0.3, -0.25) is 14.7 Å². The van der Waals surface area contributed by atoms with Gasteiger partial charge in [-0.15, -0.1) is 0 Å². The van der Waals surface area contributed by atoms with Crippen molar-refractivity contribution in [3.05, 3.63) is 46.3 Å². The van der Waals surface area contributed by atoms with Crippen molar-refractivity contribution in [2.24, 2.45) is 0 Å². The predicted molar refractivity (Wildman–Crippen MR) is 77.7 cm³/mol. The van der Waals surface area contributed by atoms with Crippen molar-refractivity contribution in [1.29, 1.82) is 0 Å². The number of phenols is 1. The number of hydrogen-bond acceptors (Lipinski definition) is 6. The van der Waals surface area contributed by atoms with Crippen molar-refractivity contribution in [1.82, 2.24) is 15.5 Å². The SMILES string of the molecule is COC(=O)NCCc1[nH]nc2c1C(=O)c1c(O)cccc1C2=O. The van der Waals surface area contributed by atoms with Crippen LogP contribution in [-0.2, 0) is 11.2 Å². The van der Waals surface area contributed by atoms with E-state index in [4.69, 9.17) is 0 Å². The fourth-order valence-corrected chi connectivity index (χ4v) is 2.55. The average Bonchev–Trinajstić information content (AvgIpc) is 2.96. The number of phenolic OH excluding ortho intramolecular Hbond substituents is 1. The topological polar surface area (TPSA) is 121 Å². The number of aromatic amines is 1. The molecule has 2 aromatic rings. The third-order valence-corrected chi connectivity index (χ3v) is 3.63. The zero-order valence-electron chi connectivity index (χ0n) is 12.2. The fraction of sp³-hybridized carbons (Fsp3) is 0.200. The van der Waals surface area contributed by atoms with Crippen LogP contribution in [0, 0.1) is 0 Å². The summed E-state index contributed by atoms with van der Waals surface area (Å²) in [7, 11) is 1.25. The van der Waals surface area contributed by atoms with Crippen LogP contribution < -0.4 is 5.32 Å². The molecule has 0 spiro atoms. The van der Waals surface area contributed by atoms with E-state index in [0.717, 1.165) is 0 Å². The smallest absolute Gasteiger partial charge is 0.406 e. The molecular formula is C15H13N3O5. The molecule has 1 aromatic heterocycles. The van der Waals surface area contributed by atoms with Crippen LogP contribution in [0.2, 0.25) is 0 Å². The Morgan fingerprint density at radius 1 is 1.30 bits per heavy atom. The van der Waals surface area contributed by atoms with Crippen molar-refractivity contribution in [3.63, 3.8) is 0 Å². The van der Waals surface area contributed by atoms with E-state index < -0.39 is 17.7 Å². The summed E-state index contributed by atoms with van der Waals surface area (Å²) in [6, 6.07) is 4.33. The van der Waals surface area contributed by atoms with E-state index in [1.807, 2.05) is 0 Å². The molecule has 118 valence electrons. The van der Waals surface area contributed by atoms with Gasteiger partial charge in [-0.1, -0.05) is 6.07 Å². The molecule has 1 heterocycles. The first-order chi connectivity index (χ1) is 11.0. The molecule has 0 fully saturated rings. The molecule has 0 saturated heterocycles. The lowest BCUT2D eigenvalue weighted by Crippen LogP contribution is -2.26. The van der Waals surface area contributed by atoms with E-state index in [0.29, 0.717) is 5.69 Å². The van der Waals surface area contributed by atoms with Gasteiger partial charge in [-0.25, -0.2) is 4.79 Å². The van der Waals surface area contributed by atoms with Crippen LogP contribution in [0.5, 0.6) is 5.75 Å². The van der Waals surface area contributed by atoms with Crippen LogP contribution in [0.4, 0.5) is 4.79 Å². The highest BCUT2D eigenvalue weighted by Crippen LogP contribution is 2.33. The van der Waals surface area contributed by atoms with Crippen LogP contribution in [-0.4, -0.2) is 46.6 Å². The normalized spacial score (nSPS) is 12.6. The molecule has 0 unspecified atom stereocenters. The molecule has 23 heavy (non-hydrogen) atoms. The third-order valence-electron chi connectivity index (χ3n) is 3.63. The lowest BCUT2D eigenvalue weighted by atomic mass is 9.86. The second kappa shape index (κ2) is 5.56. The number of carbonyl (C=O) groups excluding carboxylic acids is 3. The summed E-state index contributed by atoms with van der Waals surface area (Å²) < 4.78 is 4.45. The van der Waals surface area contributed by atoms with Gasteiger partial charge in [0.2, 0.25) is 11.6 Å². The van der Waals surface area contributed by atoms with Crippen molar-refractivity contribution < 1.29 is 24.2 Å². The number of carbonyl (C=O) groups is 3. The van der Waals surface area contributed by atoms with Gasteiger partial charge >= 0.3 is 6.09 Å². The number of alkyl carbamates (subject to hydrolysis) is 1. The zero-order chi connectivity index (χ0) is 16.6. The highest BCUT2D eigenvalue weighted by atomic mass is 16.5. The number of amides is 1. The van der Waals surface area contributed by atoms with Crippen LogP contribution in [0.15, 0.2) is 18.2 Å². The van der Waals surface area contributed by atoms with Crippen molar-refractivity contribution in [2.45, 2.75) is 6.42 Å². The number of ketones is 2. The summed E-state index contributed by atoms with van der Waals surface area (Å²) in [5, 5.41) is 19.0. The van der Waals surface area contributed by atoms with Crippen molar-refractivity contribution >= 4 is 17.7 Å². The fourth-order valence-electron chi connectivity index (χ4n) is 2.55. The highest BCUT2D eigenvalue weighted by Gasteiger charge is 2.36. The number of rotatable bonds is 3. The van der Waals surface area contributed by atoms with Gasteiger partial charge in [0.05, 0.1) is 18.2 Å². The third kappa shape index (κ3) is 2.33. The molecule has 1 amide bonds. The number of benzene rings is 1. The molecule has 1 aromatic carbocycles. The van der Waals surface area contributed by atoms with Gasteiger partial charge in [0.15, 0.2) is 0 Å². The van der Waals surface area contributed by atoms with Gasteiger partial charge in [0.25, 0.3) is 0 Å². The molecule has 1 aliphatic carbocycles. The Morgan fingerprint density at radius 2 is 2.09 bits per heavy atom. The molecule has 0 saturated carbocycles. The Bertz CT molecular complexity index is 825. The summed E-state index contributed by atoms with van der Waals surface area (Å²) in [5.41, 5.74) is 0.697. The van der Waals surface area contributed by atoms with E-state index in [1.54, 1.807) is 0 Å². The second-order valence-corrected chi connectivity index (χ2v) is 4.95. The van der Waals surface area contributed by atoms with E-state index in [2.05, 4.69) is 20.3 Å².